The normalized spacial score (nSPS) is 23.9. The summed E-state index contributed by atoms with van der Waals surface area (Å²) in [6.45, 7) is 2.11. The van der Waals surface area contributed by atoms with Gasteiger partial charge in [-0.1, -0.05) is 12.1 Å². The molecule has 1 N–H and O–H groups in total. The predicted molar refractivity (Wildman–Crippen MR) is 74.5 cm³/mol. The minimum atomic E-state index is -0.317. The number of carbonyl (C=O) groups is 1. The highest BCUT2D eigenvalue weighted by molar-refractivity contribution is 5.99. The number of likely N-dealkylation sites (N-methyl/N-ethyl adjacent to an activating group) is 1. The van der Waals surface area contributed by atoms with E-state index in [9.17, 15) is 4.79 Å². The molecule has 0 spiro atoms. The van der Waals surface area contributed by atoms with Crippen molar-refractivity contribution in [1.82, 2.24) is 5.32 Å². The summed E-state index contributed by atoms with van der Waals surface area (Å²) in [4.78, 5) is 14.1. The van der Waals surface area contributed by atoms with Crippen LogP contribution in [-0.4, -0.2) is 32.1 Å². The minimum Gasteiger partial charge on any atom is -0.478 e. The van der Waals surface area contributed by atoms with Gasteiger partial charge in [0.2, 0.25) is 0 Å². The second-order valence-electron chi connectivity index (χ2n) is 5.40. The van der Waals surface area contributed by atoms with Gasteiger partial charge < -0.3 is 15.0 Å². The molecule has 1 aromatic carbocycles. The van der Waals surface area contributed by atoms with Crippen LogP contribution in [0.5, 0.6) is 5.75 Å². The van der Waals surface area contributed by atoms with Crippen LogP contribution in [-0.2, 0) is 4.79 Å². The highest BCUT2D eigenvalue weighted by Crippen LogP contribution is 2.34. The van der Waals surface area contributed by atoms with E-state index in [1.807, 2.05) is 31.3 Å². The van der Waals surface area contributed by atoms with Gasteiger partial charge in [-0.3, -0.25) is 4.79 Å². The lowest BCUT2D eigenvalue weighted by Crippen LogP contribution is -2.45. The van der Waals surface area contributed by atoms with E-state index in [2.05, 4.69) is 5.32 Å². The van der Waals surface area contributed by atoms with Crippen molar-refractivity contribution in [1.29, 1.82) is 0 Å². The van der Waals surface area contributed by atoms with Crippen molar-refractivity contribution in [3.8, 4) is 5.75 Å². The zero-order valence-electron chi connectivity index (χ0n) is 11.3. The molecule has 0 radical (unpaired) electrons. The van der Waals surface area contributed by atoms with Gasteiger partial charge in [0.25, 0.3) is 5.91 Å². The third-order valence-electron chi connectivity index (χ3n) is 4.11. The van der Waals surface area contributed by atoms with Crippen molar-refractivity contribution < 1.29 is 9.53 Å². The quantitative estimate of drug-likeness (QED) is 0.881. The van der Waals surface area contributed by atoms with Crippen LogP contribution in [0.15, 0.2) is 24.3 Å². The fourth-order valence-corrected chi connectivity index (χ4v) is 2.94. The van der Waals surface area contributed by atoms with E-state index in [-0.39, 0.29) is 12.0 Å². The number of rotatable bonds is 2. The van der Waals surface area contributed by atoms with Gasteiger partial charge in [-0.25, -0.2) is 0 Å². The summed E-state index contributed by atoms with van der Waals surface area (Å²) in [5.74, 6) is 1.50. The maximum Gasteiger partial charge on any atom is 0.267 e. The molecular weight excluding hydrogens is 240 g/mol. The number of amides is 1. The van der Waals surface area contributed by atoms with Crippen molar-refractivity contribution in [3.05, 3.63) is 24.3 Å². The van der Waals surface area contributed by atoms with E-state index in [4.69, 9.17) is 4.74 Å². The SMILES string of the molecule is CN1C(=O)C(CC2CCNCC2)Oc2ccccc21. The zero-order valence-corrected chi connectivity index (χ0v) is 11.3. The highest BCUT2D eigenvalue weighted by Gasteiger charge is 2.33. The van der Waals surface area contributed by atoms with E-state index >= 15 is 0 Å². The van der Waals surface area contributed by atoms with Crippen LogP contribution in [0.1, 0.15) is 19.3 Å². The Bertz CT molecular complexity index is 469. The summed E-state index contributed by atoms with van der Waals surface area (Å²) in [5.41, 5.74) is 0.870. The fourth-order valence-electron chi connectivity index (χ4n) is 2.94. The summed E-state index contributed by atoms with van der Waals surface area (Å²) < 4.78 is 5.91. The Morgan fingerprint density at radius 3 is 2.84 bits per heavy atom. The molecule has 1 amide bonds. The van der Waals surface area contributed by atoms with Crippen molar-refractivity contribution in [2.45, 2.75) is 25.4 Å². The number of benzene rings is 1. The lowest BCUT2D eigenvalue weighted by Gasteiger charge is -2.34. The van der Waals surface area contributed by atoms with Crippen molar-refractivity contribution in [2.75, 3.05) is 25.0 Å². The Hall–Kier alpha value is -1.55. The van der Waals surface area contributed by atoms with Crippen LogP contribution in [0.4, 0.5) is 5.69 Å². The first-order valence-electron chi connectivity index (χ1n) is 6.99. The van der Waals surface area contributed by atoms with Gasteiger partial charge in [0, 0.05) is 7.05 Å². The van der Waals surface area contributed by atoms with E-state index in [0.29, 0.717) is 5.92 Å². The molecule has 3 rings (SSSR count). The molecule has 1 saturated heterocycles. The van der Waals surface area contributed by atoms with Gasteiger partial charge in [-0.15, -0.1) is 0 Å². The maximum atomic E-state index is 12.3. The molecule has 0 aliphatic carbocycles. The molecule has 0 bridgehead atoms. The number of ether oxygens (including phenoxy) is 1. The Labute approximate surface area is 113 Å². The summed E-state index contributed by atoms with van der Waals surface area (Å²) >= 11 is 0. The van der Waals surface area contributed by atoms with Crippen LogP contribution in [0.25, 0.3) is 0 Å². The van der Waals surface area contributed by atoms with Crippen LogP contribution in [0.3, 0.4) is 0 Å². The summed E-state index contributed by atoms with van der Waals surface area (Å²) in [6.07, 6.45) is 2.79. The first-order valence-corrected chi connectivity index (χ1v) is 6.99. The highest BCUT2D eigenvalue weighted by atomic mass is 16.5. The number of carbonyl (C=O) groups excluding carboxylic acids is 1. The second-order valence-corrected chi connectivity index (χ2v) is 5.40. The van der Waals surface area contributed by atoms with Gasteiger partial charge in [-0.05, 0) is 50.4 Å². The molecule has 1 aromatic rings. The molecule has 102 valence electrons. The lowest BCUT2D eigenvalue weighted by molar-refractivity contribution is -0.126. The number of piperidine rings is 1. The molecule has 1 unspecified atom stereocenters. The molecule has 1 atom stereocenters. The first-order chi connectivity index (χ1) is 9.25. The lowest BCUT2D eigenvalue weighted by atomic mass is 9.91. The van der Waals surface area contributed by atoms with E-state index in [1.165, 1.54) is 0 Å². The number of nitrogens with one attached hydrogen (secondary N) is 1. The molecule has 4 nitrogen and oxygen atoms in total. The molecule has 2 aliphatic heterocycles. The van der Waals surface area contributed by atoms with Crippen molar-refractivity contribution >= 4 is 11.6 Å². The van der Waals surface area contributed by atoms with Gasteiger partial charge in [0.1, 0.15) is 5.75 Å². The number of fused-ring (bicyclic) bond motifs is 1. The Morgan fingerprint density at radius 1 is 1.32 bits per heavy atom. The van der Waals surface area contributed by atoms with Crippen LogP contribution >= 0.6 is 0 Å². The monoisotopic (exact) mass is 260 g/mol. The summed E-state index contributed by atoms with van der Waals surface area (Å²) in [6, 6.07) is 7.74. The standard InChI is InChI=1S/C15H20N2O2/c1-17-12-4-2-3-5-13(12)19-14(15(17)18)10-11-6-8-16-9-7-11/h2-5,11,14,16H,6-10H2,1H3. The molecular formula is C15H20N2O2. The molecule has 0 saturated carbocycles. The van der Waals surface area contributed by atoms with Gasteiger partial charge in [-0.2, -0.15) is 0 Å². The number of hydrogen-bond acceptors (Lipinski definition) is 3. The average molecular weight is 260 g/mol. The van der Waals surface area contributed by atoms with E-state index < -0.39 is 0 Å². The van der Waals surface area contributed by atoms with Crippen molar-refractivity contribution in [2.24, 2.45) is 5.92 Å². The first kappa shape index (κ1) is 12.5. The minimum absolute atomic E-state index is 0.0808. The summed E-state index contributed by atoms with van der Waals surface area (Å²) in [7, 11) is 1.83. The van der Waals surface area contributed by atoms with Crippen LogP contribution in [0.2, 0.25) is 0 Å². The molecule has 2 heterocycles. The number of para-hydroxylation sites is 2. The van der Waals surface area contributed by atoms with Crippen molar-refractivity contribution in [3.63, 3.8) is 0 Å². The van der Waals surface area contributed by atoms with Gasteiger partial charge in [0.05, 0.1) is 5.69 Å². The Kier molecular flexibility index (Phi) is 3.42. The number of hydrogen-bond donors (Lipinski definition) is 1. The average Bonchev–Trinajstić information content (AvgIpc) is 2.46. The van der Waals surface area contributed by atoms with Crippen LogP contribution in [0, 0.1) is 5.92 Å². The number of anilines is 1. The van der Waals surface area contributed by atoms with Crippen LogP contribution < -0.4 is 15.0 Å². The zero-order chi connectivity index (χ0) is 13.2. The maximum absolute atomic E-state index is 12.3. The molecule has 4 heteroatoms. The van der Waals surface area contributed by atoms with Gasteiger partial charge >= 0.3 is 0 Å². The molecule has 2 aliphatic rings. The predicted octanol–water partition coefficient (Wildman–Crippen LogP) is 1.80. The molecule has 1 fully saturated rings. The van der Waals surface area contributed by atoms with Gasteiger partial charge in [0.15, 0.2) is 6.10 Å². The van der Waals surface area contributed by atoms with E-state index in [1.54, 1.807) is 4.90 Å². The third kappa shape index (κ3) is 2.45. The Morgan fingerprint density at radius 2 is 2.05 bits per heavy atom. The third-order valence-corrected chi connectivity index (χ3v) is 4.11. The topological polar surface area (TPSA) is 41.6 Å². The number of nitrogens with zero attached hydrogens (tertiary/aromatic N) is 1. The smallest absolute Gasteiger partial charge is 0.267 e. The second kappa shape index (κ2) is 5.21. The Balaban J connectivity index is 1.75. The molecule has 19 heavy (non-hydrogen) atoms. The fraction of sp³-hybridized carbons (Fsp3) is 0.533. The van der Waals surface area contributed by atoms with E-state index in [0.717, 1.165) is 43.8 Å². The molecule has 0 aromatic heterocycles. The largest absolute Gasteiger partial charge is 0.478 e. The summed E-state index contributed by atoms with van der Waals surface area (Å²) in [5, 5.41) is 3.35.